The lowest BCUT2D eigenvalue weighted by Gasteiger charge is -1.73. The summed E-state index contributed by atoms with van der Waals surface area (Å²) >= 11 is 0. The average Bonchev–Trinajstić information content (AvgIpc) is 2.17. The quantitative estimate of drug-likeness (QED) is 0.571. The molecule has 0 aliphatic heterocycles. The van der Waals surface area contributed by atoms with Gasteiger partial charge in [0.15, 0.2) is 5.89 Å². The second kappa shape index (κ2) is 2.49. The fourth-order valence-electron chi connectivity index (χ4n) is 0.627. The Morgan fingerprint density at radius 3 is 2.89 bits per heavy atom. The molecule has 0 unspecified atom stereocenters. The van der Waals surface area contributed by atoms with E-state index in [1.54, 1.807) is 6.26 Å². The first-order valence-corrected chi connectivity index (χ1v) is 2.88. The van der Waals surface area contributed by atoms with E-state index >= 15 is 0 Å². The number of hydrogen-bond acceptors (Lipinski definition) is 2. The molecule has 0 aliphatic carbocycles. The van der Waals surface area contributed by atoms with Gasteiger partial charge in [-0.1, -0.05) is 6.08 Å². The van der Waals surface area contributed by atoms with Gasteiger partial charge in [-0.2, -0.15) is 0 Å². The fraction of sp³-hybridized carbons (Fsp3) is 0.286. The molecule has 9 heavy (non-hydrogen) atoms. The number of hydrogen-bond donors (Lipinski definition) is 0. The zero-order chi connectivity index (χ0) is 6.69. The highest BCUT2D eigenvalue weighted by molar-refractivity contribution is 5.41. The molecular weight excluding hydrogens is 114 g/mol. The first kappa shape index (κ1) is 6.08. The van der Waals surface area contributed by atoms with Crippen LogP contribution in [0.2, 0.25) is 0 Å². The van der Waals surface area contributed by atoms with Crippen LogP contribution in [0.1, 0.15) is 18.5 Å². The Labute approximate surface area is 54.2 Å². The standard InChI is InChI=1S/C7H9NO/c1-3-4-7-5-9-6(2)8-7/h3-5H,1-2H3/b4-3-. The molecule has 1 aromatic heterocycles. The van der Waals surface area contributed by atoms with Crippen molar-refractivity contribution in [2.75, 3.05) is 0 Å². The Kier molecular flexibility index (Phi) is 1.68. The van der Waals surface area contributed by atoms with E-state index in [0.29, 0.717) is 5.89 Å². The monoisotopic (exact) mass is 123 g/mol. The number of aryl methyl sites for hydroxylation is 1. The predicted molar refractivity (Wildman–Crippen MR) is 35.9 cm³/mol. The first-order valence-electron chi connectivity index (χ1n) is 2.88. The van der Waals surface area contributed by atoms with E-state index in [2.05, 4.69) is 4.98 Å². The van der Waals surface area contributed by atoms with Gasteiger partial charge >= 0.3 is 0 Å². The lowest BCUT2D eigenvalue weighted by molar-refractivity contribution is 0.521. The maximum atomic E-state index is 4.95. The van der Waals surface area contributed by atoms with E-state index in [1.807, 2.05) is 26.0 Å². The summed E-state index contributed by atoms with van der Waals surface area (Å²) in [5.41, 5.74) is 0.884. The number of oxazole rings is 1. The van der Waals surface area contributed by atoms with Crippen LogP contribution in [0.3, 0.4) is 0 Å². The molecule has 0 saturated heterocycles. The molecule has 0 aromatic carbocycles. The molecule has 0 fully saturated rings. The van der Waals surface area contributed by atoms with E-state index in [-0.39, 0.29) is 0 Å². The van der Waals surface area contributed by atoms with Gasteiger partial charge < -0.3 is 4.42 Å². The van der Waals surface area contributed by atoms with Crippen molar-refractivity contribution in [3.63, 3.8) is 0 Å². The molecule has 0 amide bonds. The lowest BCUT2D eigenvalue weighted by atomic mass is 10.4. The second-order valence-electron chi connectivity index (χ2n) is 1.79. The predicted octanol–water partition coefficient (Wildman–Crippen LogP) is 2.02. The zero-order valence-electron chi connectivity index (χ0n) is 5.59. The van der Waals surface area contributed by atoms with Gasteiger partial charge in [-0.15, -0.1) is 0 Å². The Balaban J connectivity index is 2.85. The molecule has 2 heteroatoms. The van der Waals surface area contributed by atoms with Crippen molar-refractivity contribution in [1.29, 1.82) is 0 Å². The number of rotatable bonds is 1. The maximum Gasteiger partial charge on any atom is 0.191 e. The van der Waals surface area contributed by atoms with Gasteiger partial charge in [-0.25, -0.2) is 4.98 Å². The third kappa shape index (κ3) is 1.42. The second-order valence-corrected chi connectivity index (χ2v) is 1.79. The molecule has 1 rings (SSSR count). The highest BCUT2D eigenvalue weighted by Gasteiger charge is 1.91. The van der Waals surface area contributed by atoms with E-state index in [9.17, 15) is 0 Å². The number of allylic oxidation sites excluding steroid dienone is 1. The van der Waals surface area contributed by atoms with Crippen molar-refractivity contribution in [2.24, 2.45) is 0 Å². The van der Waals surface area contributed by atoms with Crippen molar-refractivity contribution in [2.45, 2.75) is 13.8 Å². The molecule has 0 saturated carbocycles. The molecule has 48 valence electrons. The van der Waals surface area contributed by atoms with Gasteiger partial charge in [-0.3, -0.25) is 0 Å². The molecular formula is C7H9NO. The van der Waals surface area contributed by atoms with Gasteiger partial charge in [0.05, 0.1) is 0 Å². The first-order chi connectivity index (χ1) is 4.33. The van der Waals surface area contributed by atoms with Gasteiger partial charge in [0, 0.05) is 6.92 Å². The summed E-state index contributed by atoms with van der Waals surface area (Å²) in [5.74, 6) is 0.711. The Bertz CT molecular complexity index is 212. The summed E-state index contributed by atoms with van der Waals surface area (Å²) in [6.45, 7) is 3.77. The molecule has 0 N–H and O–H groups in total. The van der Waals surface area contributed by atoms with Crippen molar-refractivity contribution >= 4 is 6.08 Å². The molecule has 0 radical (unpaired) electrons. The molecule has 0 atom stereocenters. The van der Waals surface area contributed by atoms with Gasteiger partial charge in [0.1, 0.15) is 12.0 Å². The van der Waals surface area contributed by atoms with E-state index in [0.717, 1.165) is 5.69 Å². The Morgan fingerprint density at radius 1 is 1.67 bits per heavy atom. The molecule has 0 aliphatic rings. The van der Waals surface area contributed by atoms with Crippen molar-refractivity contribution in [3.05, 3.63) is 23.9 Å². The lowest BCUT2D eigenvalue weighted by Crippen LogP contribution is -1.69. The minimum atomic E-state index is 0.711. The highest BCUT2D eigenvalue weighted by atomic mass is 16.3. The Morgan fingerprint density at radius 2 is 2.44 bits per heavy atom. The molecule has 0 bridgehead atoms. The summed E-state index contributed by atoms with van der Waals surface area (Å²) in [7, 11) is 0. The van der Waals surface area contributed by atoms with Crippen molar-refractivity contribution in [1.82, 2.24) is 4.98 Å². The zero-order valence-corrected chi connectivity index (χ0v) is 5.59. The van der Waals surface area contributed by atoms with E-state index in [1.165, 1.54) is 0 Å². The van der Waals surface area contributed by atoms with Crippen LogP contribution in [-0.4, -0.2) is 4.98 Å². The Hall–Kier alpha value is -1.05. The van der Waals surface area contributed by atoms with Crippen molar-refractivity contribution in [3.8, 4) is 0 Å². The minimum Gasteiger partial charge on any atom is -0.449 e. The third-order valence-electron chi connectivity index (χ3n) is 0.974. The van der Waals surface area contributed by atoms with Crippen LogP contribution in [0.5, 0.6) is 0 Å². The van der Waals surface area contributed by atoms with Crippen LogP contribution in [0.15, 0.2) is 16.8 Å². The molecule has 0 spiro atoms. The van der Waals surface area contributed by atoms with Crippen LogP contribution in [0.25, 0.3) is 6.08 Å². The summed E-state index contributed by atoms with van der Waals surface area (Å²) in [6, 6.07) is 0. The summed E-state index contributed by atoms with van der Waals surface area (Å²) in [4.78, 5) is 4.05. The van der Waals surface area contributed by atoms with Crippen LogP contribution in [0.4, 0.5) is 0 Å². The van der Waals surface area contributed by atoms with Crippen molar-refractivity contribution < 1.29 is 4.42 Å². The fourth-order valence-corrected chi connectivity index (χ4v) is 0.627. The summed E-state index contributed by atoms with van der Waals surface area (Å²) in [5, 5.41) is 0. The maximum absolute atomic E-state index is 4.95. The van der Waals surface area contributed by atoms with Crippen LogP contribution in [-0.2, 0) is 0 Å². The smallest absolute Gasteiger partial charge is 0.191 e. The average molecular weight is 123 g/mol. The molecule has 1 aromatic rings. The van der Waals surface area contributed by atoms with Crippen LogP contribution >= 0.6 is 0 Å². The van der Waals surface area contributed by atoms with Crippen LogP contribution in [0, 0.1) is 6.92 Å². The SMILES string of the molecule is C/C=C\c1coc(C)n1. The summed E-state index contributed by atoms with van der Waals surface area (Å²) in [6.07, 6.45) is 5.46. The van der Waals surface area contributed by atoms with Gasteiger partial charge in [0.25, 0.3) is 0 Å². The third-order valence-corrected chi connectivity index (χ3v) is 0.974. The summed E-state index contributed by atoms with van der Waals surface area (Å²) < 4.78 is 4.95. The van der Waals surface area contributed by atoms with E-state index in [4.69, 9.17) is 4.42 Å². The van der Waals surface area contributed by atoms with Crippen LogP contribution < -0.4 is 0 Å². The number of aromatic nitrogens is 1. The topological polar surface area (TPSA) is 26.0 Å². The highest BCUT2D eigenvalue weighted by Crippen LogP contribution is 2.01. The normalized spacial score (nSPS) is 10.9. The molecule has 2 nitrogen and oxygen atoms in total. The van der Waals surface area contributed by atoms with Gasteiger partial charge in [0.2, 0.25) is 0 Å². The van der Waals surface area contributed by atoms with E-state index < -0.39 is 0 Å². The largest absolute Gasteiger partial charge is 0.449 e. The molecule has 1 heterocycles. The van der Waals surface area contributed by atoms with Gasteiger partial charge in [-0.05, 0) is 13.0 Å². The minimum absolute atomic E-state index is 0.711. The number of nitrogens with zero attached hydrogens (tertiary/aromatic N) is 1.